The number of hydrogen-bond donors (Lipinski definition) is 2. The standard InChI is InChI=1S/C20H31N7O3S.HI/c1-6-29-19(28)17-12(2)23-18(31-17)13(3)24-20(21-10-15-8-7-9-30-15)22-11-16-26-25-14(4)27(16)5;/h13,15H,6-11H2,1-5H3,(H2,21,22,24);1H. The molecule has 1 saturated heterocycles. The summed E-state index contributed by atoms with van der Waals surface area (Å²) in [6.45, 7) is 9.70. The van der Waals surface area contributed by atoms with Crippen molar-refractivity contribution >= 4 is 47.2 Å². The molecule has 12 heteroatoms. The minimum absolute atomic E-state index is 0. The van der Waals surface area contributed by atoms with Crippen LogP contribution in [0.1, 0.15) is 64.8 Å². The summed E-state index contributed by atoms with van der Waals surface area (Å²) < 4.78 is 12.8. The zero-order chi connectivity index (χ0) is 22.4. The highest BCUT2D eigenvalue weighted by molar-refractivity contribution is 14.0. The van der Waals surface area contributed by atoms with Crippen LogP contribution in [0.25, 0.3) is 0 Å². The van der Waals surface area contributed by atoms with Crippen LogP contribution in [0.15, 0.2) is 4.99 Å². The molecule has 1 aliphatic rings. The average Bonchev–Trinajstić information content (AvgIpc) is 3.47. The first-order valence-electron chi connectivity index (χ1n) is 10.5. The number of thiazole rings is 1. The lowest BCUT2D eigenvalue weighted by Crippen LogP contribution is -2.42. The van der Waals surface area contributed by atoms with E-state index in [1.165, 1.54) is 11.3 Å². The highest BCUT2D eigenvalue weighted by atomic mass is 127. The third-order valence-electron chi connectivity index (χ3n) is 5.08. The third-order valence-corrected chi connectivity index (χ3v) is 6.40. The van der Waals surface area contributed by atoms with Gasteiger partial charge in [-0.3, -0.25) is 0 Å². The number of aromatic nitrogens is 4. The minimum Gasteiger partial charge on any atom is -0.462 e. The number of carbonyl (C=O) groups is 1. The molecule has 0 aliphatic carbocycles. The quantitative estimate of drug-likeness (QED) is 0.213. The molecule has 2 atom stereocenters. The first-order valence-corrected chi connectivity index (χ1v) is 11.4. The number of nitrogens with zero attached hydrogens (tertiary/aromatic N) is 5. The van der Waals surface area contributed by atoms with Crippen LogP contribution in [0.3, 0.4) is 0 Å². The predicted octanol–water partition coefficient (Wildman–Crippen LogP) is 2.66. The van der Waals surface area contributed by atoms with Crippen molar-refractivity contribution in [1.29, 1.82) is 0 Å². The zero-order valence-electron chi connectivity index (χ0n) is 19.2. The molecule has 3 heterocycles. The number of rotatable bonds is 8. The highest BCUT2D eigenvalue weighted by Gasteiger charge is 2.21. The second-order valence-corrected chi connectivity index (χ2v) is 8.49. The average molecular weight is 577 g/mol. The lowest BCUT2D eigenvalue weighted by atomic mass is 10.2. The number of esters is 1. The zero-order valence-corrected chi connectivity index (χ0v) is 22.3. The first-order chi connectivity index (χ1) is 14.9. The summed E-state index contributed by atoms with van der Waals surface area (Å²) in [5.74, 6) is 1.91. The van der Waals surface area contributed by atoms with Gasteiger partial charge >= 0.3 is 5.97 Å². The minimum atomic E-state index is -0.334. The van der Waals surface area contributed by atoms with E-state index in [1.807, 2.05) is 32.4 Å². The van der Waals surface area contributed by atoms with Crippen LogP contribution in [-0.2, 0) is 23.1 Å². The van der Waals surface area contributed by atoms with Crippen molar-refractivity contribution in [1.82, 2.24) is 30.4 Å². The van der Waals surface area contributed by atoms with Crippen molar-refractivity contribution in [2.75, 3.05) is 19.8 Å². The van der Waals surface area contributed by atoms with Gasteiger partial charge in [0.05, 0.1) is 24.4 Å². The molecule has 2 aromatic rings. The van der Waals surface area contributed by atoms with E-state index in [9.17, 15) is 4.79 Å². The van der Waals surface area contributed by atoms with Gasteiger partial charge in [0.2, 0.25) is 0 Å². The molecular formula is C20H32IN7O3S. The van der Waals surface area contributed by atoms with Gasteiger partial charge in [-0.2, -0.15) is 0 Å². The van der Waals surface area contributed by atoms with Crippen molar-refractivity contribution in [3.8, 4) is 0 Å². The summed E-state index contributed by atoms with van der Waals surface area (Å²) in [6.07, 6.45) is 2.29. The summed E-state index contributed by atoms with van der Waals surface area (Å²) >= 11 is 1.34. The van der Waals surface area contributed by atoms with Gasteiger partial charge in [-0.15, -0.1) is 45.5 Å². The molecule has 1 fully saturated rings. The smallest absolute Gasteiger partial charge is 0.350 e. The normalized spacial score (nSPS) is 17.0. The number of halogens is 1. The number of aliphatic imine (C=N–C) groups is 1. The molecule has 0 spiro atoms. The van der Waals surface area contributed by atoms with Crippen molar-refractivity contribution in [3.05, 3.63) is 27.2 Å². The van der Waals surface area contributed by atoms with Crippen LogP contribution in [0.2, 0.25) is 0 Å². The van der Waals surface area contributed by atoms with Crippen molar-refractivity contribution in [2.24, 2.45) is 12.0 Å². The molecule has 32 heavy (non-hydrogen) atoms. The maximum atomic E-state index is 12.1. The fourth-order valence-corrected chi connectivity index (χ4v) is 4.13. The lowest BCUT2D eigenvalue weighted by molar-refractivity contribution is 0.0531. The Bertz CT molecular complexity index is 924. The molecule has 2 N–H and O–H groups in total. The number of carbonyl (C=O) groups excluding carboxylic acids is 1. The molecule has 0 amide bonds. The van der Waals surface area contributed by atoms with Crippen LogP contribution in [0.5, 0.6) is 0 Å². The molecule has 10 nitrogen and oxygen atoms in total. The van der Waals surface area contributed by atoms with Gasteiger partial charge in [-0.25, -0.2) is 14.8 Å². The fraction of sp³-hybridized carbons (Fsp3) is 0.650. The Morgan fingerprint density at radius 3 is 2.81 bits per heavy atom. The summed E-state index contributed by atoms with van der Waals surface area (Å²) in [4.78, 5) is 21.9. The molecule has 0 aromatic carbocycles. The van der Waals surface area contributed by atoms with Gasteiger partial charge in [0.25, 0.3) is 0 Å². The summed E-state index contributed by atoms with van der Waals surface area (Å²) in [5, 5.41) is 15.8. The highest BCUT2D eigenvalue weighted by Crippen LogP contribution is 2.24. The van der Waals surface area contributed by atoms with Crippen LogP contribution >= 0.6 is 35.3 Å². The molecule has 0 saturated carbocycles. The van der Waals surface area contributed by atoms with E-state index >= 15 is 0 Å². The van der Waals surface area contributed by atoms with E-state index in [0.29, 0.717) is 36.2 Å². The van der Waals surface area contributed by atoms with Gasteiger partial charge in [0.1, 0.15) is 22.3 Å². The molecule has 1 aliphatic heterocycles. The van der Waals surface area contributed by atoms with Gasteiger partial charge in [0.15, 0.2) is 11.8 Å². The summed E-state index contributed by atoms with van der Waals surface area (Å²) in [5.41, 5.74) is 0.674. The Morgan fingerprint density at radius 2 is 2.19 bits per heavy atom. The molecule has 2 aromatic heterocycles. The Balaban J connectivity index is 0.00000363. The number of aryl methyl sites for hydroxylation is 2. The Kier molecular flexibility index (Phi) is 10.3. The van der Waals surface area contributed by atoms with E-state index in [1.54, 1.807) is 6.92 Å². The second kappa shape index (κ2) is 12.4. The van der Waals surface area contributed by atoms with Crippen LogP contribution in [0, 0.1) is 13.8 Å². The summed E-state index contributed by atoms with van der Waals surface area (Å²) in [6, 6.07) is -0.149. The molecule has 3 rings (SSSR count). The first kappa shape index (κ1) is 26.5. The van der Waals surface area contributed by atoms with Crippen molar-refractivity contribution in [2.45, 2.75) is 59.2 Å². The Hall–Kier alpha value is -1.80. The molecule has 178 valence electrons. The summed E-state index contributed by atoms with van der Waals surface area (Å²) in [7, 11) is 1.92. The van der Waals surface area contributed by atoms with Gasteiger partial charge in [0, 0.05) is 20.2 Å². The number of guanidine groups is 1. The van der Waals surface area contributed by atoms with E-state index in [-0.39, 0.29) is 42.1 Å². The molecule has 0 bridgehead atoms. The molecular weight excluding hydrogens is 545 g/mol. The lowest BCUT2D eigenvalue weighted by Gasteiger charge is -2.18. The van der Waals surface area contributed by atoms with Crippen LogP contribution in [0.4, 0.5) is 0 Å². The topological polar surface area (TPSA) is 116 Å². The largest absolute Gasteiger partial charge is 0.462 e. The fourth-order valence-electron chi connectivity index (χ4n) is 3.16. The molecule has 2 unspecified atom stereocenters. The maximum absolute atomic E-state index is 12.1. The monoisotopic (exact) mass is 577 g/mol. The van der Waals surface area contributed by atoms with Crippen LogP contribution in [-0.4, -0.2) is 57.5 Å². The van der Waals surface area contributed by atoms with Crippen molar-refractivity contribution < 1.29 is 14.3 Å². The number of hydrogen-bond acceptors (Lipinski definition) is 8. The Morgan fingerprint density at radius 1 is 1.41 bits per heavy atom. The van der Waals surface area contributed by atoms with E-state index in [0.717, 1.165) is 36.1 Å². The number of ether oxygens (including phenoxy) is 2. The maximum Gasteiger partial charge on any atom is 0.350 e. The molecule has 0 radical (unpaired) electrons. The number of nitrogens with one attached hydrogen (secondary N) is 2. The second-order valence-electron chi connectivity index (χ2n) is 7.46. The third kappa shape index (κ3) is 6.85. The van der Waals surface area contributed by atoms with E-state index in [2.05, 4.69) is 30.8 Å². The van der Waals surface area contributed by atoms with Gasteiger partial charge in [-0.1, -0.05) is 0 Å². The predicted molar refractivity (Wildman–Crippen MR) is 134 cm³/mol. The van der Waals surface area contributed by atoms with E-state index < -0.39 is 0 Å². The SMILES string of the molecule is CCOC(=O)c1sc(C(C)NC(=NCc2nnc(C)n2C)NCC2CCCO2)nc1C.I. The van der Waals surface area contributed by atoms with Gasteiger partial charge < -0.3 is 24.7 Å². The van der Waals surface area contributed by atoms with E-state index in [4.69, 9.17) is 9.47 Å². The van der Waals surface area contributed by atoms with Crippen LogP contribution < -0.4 is 10.6 Å². The van der Waals surface area contributed by atoms with Gasteiger partial charge in [-0.05, 0) is 40.5 Å². The van der Waals surface area contributed by atoms with Crippen molar-refractivity contribution in [3.63, 3.8) is 0 Å². The Labute approximate surface area is 209 Å².